The number of nitrogens with two attached hydrogens (primary N) is 1. The van der Waals surface area contributed by atoms with Crippen LogP contribution in [-0.2, 0) is 30.4 Å². The average molecular weight is 552 g/mol. The van der Waals surface area contributed by atoms with Crippen molar-refractivity contribution in [2.75, 3.05) is 18.6 Å². The fourth-order valence-electron chi connectivity index (χ4n) is 3.65. The summed E-state index contributed by atoms with van der Waals surface area (Å²) < 4.78 is 0. The van der Waals surface area contributed by atoms with Crippen LogP contribution < -0.4 is 21.7 Å². The fraction of sp³-hybridized carbons (Fsp3) is 0.458. The lowest BCUT2D eigenvalue weighted by Gasteiger charge is -2.24. The number of carbonyl (C=O) groups excluding carboxylic acids is 3. The SMILES string of the molecule is CSCCC(N)C(=O)NC(CO)C(=O)NC(CCC(=O)O)C(=O)NC(Cc1c[nH]c2ccccc12)C(=O)O. The highest BCUT2D eigenvalue weighted by molar-refractivity contribution is 7.98. The van der Waals surface area contributed by atoms with Gasteiger partial charge in [-0.15, -0.1) is 0 Å². The Labute approximate surface area is 222 Å². The Morgan fingerprint density at radius 1 is 0.947 bits per heavy atom. The molecule has 1 aromatic heterocycles. The minimum atomic E-state index is -1.45. The summed E-state index contributed by atoms with van der Waals surface area (Å²) in [5, 5.41) is 36.2. The van der Waals surface area contributed by atoms with E-state index in [9.17, 15) is 34.2 Å². The van der Waals surface area contributed by atoms with Gasteiger partial charge in [-0.3, -0.25) is 19.2 Å². The number of thioether (sulfide) groups is 1. The molecule has 3 amide bonds. The molecule has 0 saturated carbocycles. The molecule has 0 spiro atoms. The second-order valence-electron chi connectivity index (χ2n) is 8.59. The third kappa shape index (κ3) is 9.04. The van der Waals surface area contributed by atoms with Crippen LogP contribution in [-0.4, -0.2) is 92.7 Å². The van der Waals surface area contributed by atoms with Crippen molar-refractivity contribution in [2.24, 2.45) is 5.73 Å². The van der Waals surface area contributed by atoms with Gasteiger partial charge in [0, 0.05) is 29.9 Å². The van der Waals surface area contributed by atoms with E-state index in [0.29, 0.717) is 17.7 Å². The average Bonchev–Trinajstić information content (AvgIpc) is 3.29. The number of nitrogens with one attached hydrogen (secondary N) is 4. The Hall–Kier alpha value is -3.62. The van der Waals surface area contributed by atoms with E-state index in [2.05, 4.69) is 20.9 Å². The summed E-state index contributed by atoms with van der Waals surface area (Å²) in [5.74, 6) is -4.52. The summed E-state index contributed by atoms with van der Waals surface area (Å²) in [6.45, 7) is -0.807. The van der Waals surface area contributed by atoms with E-state index in [-0.39, 0.29) is 12.8 Å². The van der Waals surface area contributed by atoms with Crippen LogP contribution >= 0.6 is 11.8 Å². The van der Waals surface area contributed by atoms with Gasteiger partial charge in [0.15, 0.2) is 0 Å². The third-order valence-electron chi connectivity index (χ3n) is 5.78. The lowest BCUT2D eigenvalue weighted by atomic mass is 10.0. The number of hydrogen-bond donors (Lipinski definition) is 8. The second kappa shape index (κ2) is 15.0. The number of rotatable bonds is 16. The number of carboxylic acid groups (broad SMARTS) is 2. The smallest absolute Gasteiger partial charge is 0.326 e. The van der Waals surface area contributed by atoms with Gasteiger partial charge in [-0.1, -0.05) is 18.2 Å². The lowest BCUT2D eigenvalue weighted by molar-refractivity contribution is -0.143. The van der Waals surface area contributed by atoms with Gasteiger partial charge in [-0.05, 0) is 36.5 Å². The van der Waals surface area contributed by atoms with Crippen molar-refractivity contribution >= 4 is 52.3 Å². The van der Waals surface area contributed by atoms with Crippen LogP contribution in [0.2, 0.25) is 0 Å². The van der Waals surface area contributed by atoms with E-state index < -0.39 is 66.9 Å². The first-order valence-electron chi connectivity index (χ1n) is 11.8. The maximum Gasteiger partial charge on any atom is 0.326 e. The number of aliphatic carboxylic acids is 2. The maximum atomic E-state index is 13.0. The minimum Gasteiger partial charge on any atom is -0.481 e. The van der Waals surface area contributed by atoms with Gasteiger partial charge in [0.1, 0.15) is 18.1 Å². The molecule has 1 heterocycles. The first-order valence-corrected chi connectivity index (χ1v) is 13.2. The van der Waals surface area contributed by atoms with Crippen LogP contribution in [0, 0.1) is 0 Å². The summed E-state index contributed by atoms with van der Waals surface area (Å²) in [5.41, 5.74) is 7.21. The van der Waals surface area contributed by atoms with E-state index in [0.717, 1.165) is 10.9 Å². The van der Waals surface area contributed by atoms with Crippen molar-refractivity contribution in [1.29, 1.82) is 0 Å². The van der Waals surface area contributed by atoms with Crippen molar-refractivity contribution in [1.82, 2.24) is 20.9 Å². The predicted molar refractivity (Wildman–Crippen MR) is 140 cm³/mol. The van der Waals surface area contributed by atoms with Gasteiger partial charge < -0.3 is 42.0 Å². The second-order valence-corrected chi connectivity index (χ2v) is 9.57. The summed E-state index contributed by atoms with van der Waals surface area (Å²) in [6.07, 6.45) is 2.87. The number of benzene rings is 1. The van der Waals surface area contributed by atoms with Crippen LogP contribution in [0.4, 0.5) is 0 Å². The van der Waals surface area contributed by atoms with Crippen molar-refractivity contribution < 1.29 is 39.3 Å². The number of carbonyl (C=O) groups is 5. The van der Waals surface area contributed by atoms with E-state index in [1.165, 1.54) is 11.8 Å². The quantitative estimate of drug-likeness (QED) is 0.129. The number of aliphatic hydroxyl groups excluding tert-OH is 1. The van der Waals surface area contributed by atoms with Crippen molar-refractivity contribution in [3.8, 4) is 0 Å². The van der Waals surface area contributed by atoms with E-state index in [1.54, 1.807) is 18.3 Å². The molecule has 0 aliphatic carbocycles. The van der Waals surface area contributed by atoms with E-state index >= 15 is 0 Å². The topological polar surface area (TPSA) is 224 Å². The van der Waals surface area contributed by atoms with E-state index in [4.69, 9.17) is 10.8 Å². The molecule has 1 aromatic carbocycles. The van der Waals surface area contributed by atoms with Crippen LogP contribution in [0.3, 0.4) is 0 Å². The number of para-hydroxylation sites is 1. The van der Waals surface area contributed by atoms with Gasteiger partial charge in [-0.25, -0.2) is 4.79 Å². The molecule has 208 valence electrons. The lowest BCUT2D eigenvalue weighted by Crippen LogP contribution is -2.58. The molecule has 0 fully saturated rings. The molecule has 0 aliphatic heterocycles. The van der Waals surface area contributed by atoms with Crippen LogP contribution in [0.15, 0.2) is 30.5 Å². The molecule has 4 unspecified atom stereocenters. The molecule has 0 bridgehead atoms. The van der Waals surface area contributed by atoms with Crippen LogP contribution in [0.25, 0.3) is 10.9 Å². The highest BCUT2D eigenvalue weighted by Gasteiger charge is 2.30. The van der Waals surface area contributed by atoms with Crippen LogP contribution in [0.1, 0.15) is 24.8 Å². The molecule has 13 nitrogen and oxygen atoms in total. The normalized spacial score (nSPS) is 14.2. The zero-order chi connectivity index (χ0) is 28.2. The van der Waals surface area contributed by atoms with Crippen LogP contribution in [0.5, 0.6) is 0 Å². The summed E-state index contributed by atoms with van der Waals surface area (Å²) in [4.78, 5) is 64.1. The zero-order valence-corrected chi connectivity index (χ0v) is 21.6. The summed E-state index contributed by atoms with van der Waals surface area (Å²) in [6, 6.07) is 2.02. The Kier molecular flexibility index (Phi) is 12.0. The molecule has 0 aliphatic rings. The third-order valence-corrected chi connectivity index (χ3v) is 6.42. The Bertz CT molecular complexity index is 1140. The number of carboxylic acids is 2. The van der Waals surface area contributed by atoms with Crippen molar-refractivity contribution in [2.45, 2.75) is 49.9 Å². The number of H-pyrrole nitrogens is 1. The molecule has 2 aromatic rings. The molecule has 9 N–H and O–H groups in total. The summed E-state index contributed by atoms with van der Waals surface area (Å²) in [7, 11) is 0. The van der Waals surface area contributed by atoms with Crippen molar-refractivity contribution in [3.05, 3.63) is 36.0 Å². The fourth-order valence-corrected chi connectivity index (χ4v) is 4.14. The number of fused-ring (bicyclic) bond motifs is 1. The van der Waals surface area contributed by atoms with Gasteiger partial charge in [0.2, 0.25) is 17.7 Å². The van der Waals surface area contributed by atoms with Gasteiger partial charge in [0.25, 0.3) is 0 Å². The van der Waals surface area contributed by atoms with Crippen molar-refractivity contribution in [3.63, 3.8) is 0 Å². The van der Waals surface area contributed by atoms with Gasteiger partial charge in [-0.2, -0.15) is 11.8 Å². The molecule has 0 radical (unpaired) electrons. The molecular formula is C24H33N5O8S. The zero-order valence-electron chi connectivity index (χ0n) is 20.8. The number of aromatic amines is 1. The Morgan fingerprint density at radius 2 is 1.58 bits per heavy atom. The number of aromatic nitrogens is 1. The first-order chi connectivity index (χ1) is 18.1. The predicted octanol–water partition coefficient (Wildman–Crippen LogP) is -0.813. The van der Waals surface area contributed by atoms with Gasteiger partial charge >= 0.3 is 11.9 Å². The Morgan fingerprint density at radius 3 is 2.21 bits per heavy atom. The molecular weight excluding hydrogens is 518 g/mol. The summed E-state index contributed by atoms with van der Waals surface area (Å²) >= 11 is 1.48. The molecule has 0 saturated heterocycles. The monoisotopic (exact) mass is 551 g/mol. The maximum absolute atomic E-state index is 13.0. The Balaban J connectivity index is 2.13. The highest BCUT2D eigenvalue weighted by Crippen LogP contribution is 2.19. The largest absolute Gasteiger partial charge is 0.481 e. The number of hydrogen-bond acceptors (Lipinski definition) is 8. The molecule has 4 atom stereocenters. The minimum absolute atomic E-state index is 0.0755. The van der Waals surface area contributed by atoms with Gasteiger partial charge in [0.05, 0.1) is 12.6 Å². The van der Waals surface area contributed by atoms with E-state index in [1.807, 2.05) is 18.4 Å². The molecule has 2 rings (SSSR count). The first kappa shape index (κ1) is 30.6. The molecule has 38 heavy (non-hydrogen) atoms. The number of amides is 3. The highest BCUT2D eigenvalue weighted by atomic mass is 32.2. The number of aliphatic hydroxyl groups is 1. The standard InChI is InChI=1S/C24H33N5O8S/c1-38-9-8-15(25)21(33)29-19(12-30)23(35)27-17(6-7-20(31)32)22(34)28-18(24(36)37)10-13-11-26-16-5-3-2-4-14(13)16/h2-5,11,15,17-19,26,30H,6-10,12,25H2,1H3,(H,27,35)(H,28,34)(H,29,33)(H,31,32)(H,36,37). The molecule has 14 heteroatoms.